The van der Waals surface area contributed by atoms with E-state index in [-0.39, 0.29) is 31.1 Å². The molecule has 1 saturated heterocycles. The summed E-state index contributed by atoms with van der Waals surface area (Å²) in [4.78, 5) is 26.4. The first-order chi connectivity index (χ1) is 14.0. The SMILES string of the molecule is CN(CC(F)(F)F)[C@H](CN)C(=O)Nc1ccc(N2CCOCC2=O)cc1OC(F)F. The molecule has 1 heterocycles. The van der Waals surface area contributed by atoms with Crippen LogP contribution < -0.4 is 20.7 Å². The molecule has 3 N–H and O–H groups in total. The van der Waals surface area contributed by atoms with Gasteiger partial charge < -0.3 is 25.4 Å². The first-order valence-corrected chi connectivity index (χ1v) is 8.76. The van der Waals surface area contributed by atoms with Crippen molar-refractivity contribution in [2.45, 2.75) is 18.8 Å². The van der Waals surface area contributed by atoms with Crippen molar-refractivity contribution in [1.82, 2.24) is 4.90 Å². The summed E-state index contributed by atoms with van der Waals surface area (Å²) >= 11 is 0. The summed E-state index contributed by atoms with van der Waals surface area (Å²) in [5, 5.41) is 2.26. The van der Waals surface area contributed by atoms with Crippen LogP contribution >= 0.6 is 0 Å². The number of ether oxygens (including phenoxy) is 2. The normalized spacial score (nSPS) is 16.2. The lowest BCUT2D eigenvalue weighted by Crippen LogP contribution is -2.49. The topological polar surface area (TPSA) is 97.1 Å². The average molecular weight is 440 g/mol. The molecule has 0 bridgehead atoms. The maximum absolute atomic E-state index is 12.8. The number of carbonyl (C=O) groups excluding carboxylic acids is 2. The fourth-order valence-electron chi connectivity index (χ4n) is 2.86. The van der Waals surface area contributed by atoms with Gasteiger partial charge in [0.25, 0.3) is 5.91 Å². The van der Waals surface area contributed by atoms with Crippen LogP contribution in [-0.2, 0) is 14.3 Å². The fraction of sp³-hybridized carbons (Fsp3) is 0.529. The quantitative estimate of drug-likeness (QED) is 0.594. The first kappa shape index (κ1) is 23.8. The standard InChI is InChI=1S/C17H21F5N4O4/c1-25(9-17(20,21)22)12(7-23)15(28)24-11-3-2-10(6-13(11)30-16(18)19)26-4-5-29-8-14(26)27/h2-3,6,12,16H,4-5,7-9,23H2,1H3,(H,24,28)/t12-/m1/s1. The zero-order chi connectivity index (χ0) is 22.5. The third-order valence-electron chi connectivity index (χ3n) is 4.22. The number of hydrogen-bond acceptors (Lipinski definition) is 6. The molecule has 0 spiro atoms. The van der Waals surface area contributed by atoms with E-state index in [9.17, 15) is 31.5 Å². The molecule has 1 aromatic rings. The third-order valence-corrected chi connectivity index (χ3v) is 4.22. The Morgan fingerprint density at radius 3 is 2.67 bits per heavy atom. The summed E-state index contributed by atoms with van der Waals surface area (Å²) in [6.45, 7) is -4.80. The van der Waals surface area contributed by atoms with Crippen molar-refractivity contribution in [1.29, 1.82) is 0 Å². The van der Waals surface area contributed by atoms with Crippen molar-refractivity contribution in [3.8, 4) is 5.75 Å². The van der Waals surface area contributed by atoms with E-state index < -0.39 is 49.5 Å². The number of rotatable bonds is 8. The van der Waals surface area contributed by atoms with Crippen LogP contribution in [0.5, 0.6) is 5.75 Å². The molecule has 1 aromatic carbocycles. The van der Waals surface area contributed by atoms with Gasteiger partial charge in [0.1, 0.15) is 12.6 Å². The molecule has 30 heavy (non-hydrogen) atoms. The zero-order valence-corrected chi connectivity index (χ0v) is 15.9. The third kappa shape index (κ3) is 6.50. The van der Waals surface area contributed by atoms with Crippen molar-refractivity contribution >= 4 is 23.2 Å². The Kier molecular flexibility index (Phi) is 7.92. The van der Waals surface area contributed by atoms with E-state index in [2.05, 4.69) is 10.1 Å². The Hall–Kier alpha value is -2.51. The van der Waals surface area contributed by atoms with Gasteiger partial charge in [0.2, 0.25) is 5.91 Å². The summed E-state index contributed by atoms with van der Waals surface area (Å²) in [5.74, 6) is -1.78. The molecule has 13 heteroatoms. The van der Waals surface area contributed by atoms with Gasteiger partial charge in [-0.1, -0.05) is 0 Å². The van der Waals surface area contributed by atoms with Crippen LogP contribution in [0.3, 0.4) is 0 Å². The van der Waals surface area contributed by atoms with Gasteiger partial charge in [-0.3, -0.25) is 14.5 Å². The summed E-state index contributed by atoms with van der Waals surface area (Å²) in [6, 6.07) is 2.35. The number of anilines is 2. The monoisotopic (exact) mass is 440 g/mol. The molecule has 168 valence electrons. The number of morpholine rings is 1. The highest BCUT2D eigenvalue weighted by molar-refractivity contribution is 5.98. The minimum absolute atomic E-state index is 0.173. The summed E-state index contributed by atoms with van der Waals surface area (Å²) in [7, 11) is 1.06. The highest BCUT2D eigenvalue weighted by Crippen LogP contribution is 2.32. The van der Waals surface area contributed by atoms with Crippen LogP contribution in [0.4, 0.5) is 33.3 Å². The summed E-state index contributed by atoms with van der Waals surface area (Å²) in [5.41, 5.74) is 5.46. The van der Waals surface area contributed by atoms with Crippen molar-refractivity contribution in [2.24, 2.45) is 5.73 Å². The van der Waals surface area contributed by atoms with E-state index in [4.69, 9.17) is 10.5 Å². The Labute approximate surface area is 168 Å². The van der Waals surface area contributed by atoms with Gasteiger partial charge in [0.05, 0.1) is 18.8 Å². The minimum Gasteiger partial charge on any atom is -0.433 e. The molecule has 0 saturated carbocycles. The van der Waals surface area contributed by atoms with Gasteiger partial charge in [-0.2, -0.15) is 22.0 Å². The van der Waals surface area contributed by atoms with Crippen LogP contribution in [0.15, 0.2) is 18.2 Å². The number of nitrogens with zero attached hydrogens (tertiary/aromatic N) is 2. The molecule has 2 amide bonds. The number of nitrogens with one attached hydrogen (secondary N) is 1. The molecule has 1 aliphatic rings. The van der Waals surface area contributed by atoms with Gasteiger partial charge in [-0.05, 0) is 19.2 Å². The van der Waals surface area contributed by atoms with Gasteiger partial charge in [0.15, 0.2) is 5.75 Å². The molecule has 2 rings (SSSR count). The van der Waals surface area contributed by atoms with Crippen molar-refractivity contribution < 1.29 is 41.0 Å². The molecule has 0 aromatic heterocycles. The Morgan fingerprint density at radius 1 is 1.40 bits per heavy atom. The molecule has 8 nitrogen and oxygen atoms in total. The number of hydrogen-bond donors (Lipinski definition) is 2. The van der Waals surface area contributed by atoms with E-state index in [0.717, 1.165) is 13.1 Å². The molecule has 0 unspecified atom stereocenters. The maximum atomic E-state index is 12.8. The number of alkyl halides is 5. The van der Waals surface area contributed by atoms with Crippen LogP contribution in [0.2, 0.25) is 0 Å². The van der Waals surface area contributed by atoms with Crippen molar-refractivity contribution in [3.63, 3.8) is 0 Å². The highest BCUT2D eigenvalue weighted by Gasteiger charge is 2.34. The molecular formula is C17H21F5N4O4. The molecule has 0 radical (unpaired) electrons. The zero-order valence-electron chi connectivity index (χ0n) is 15.9. The lowest BCUT2D eigenvalue weighted by molar-refractivity contribution is -0.150. The second-order valence-electron chi connectivity index (χ2n) is 6.43. The number of nitrogens with two attached hydrogens (primary N) is 1. The molecule has 1 atom stereocenters. The predicted molar refractivity (Wildman–Crippen MR) is 96.4 cm³/mol. The van der Waals surface area contributed by atoms with Crippen molar-refractivity contribution in [2.75, 3.05) is 50.1 Å². The van der Waals surface area contributed by atoms with Gasteiger partial charge in [0, 0.05) is 24.8 Å². The number of benzene rings is 1. The summed E-state index contributed by atoms with van der Waals surface area (Å²) < 4.78 is 72.9. The minimum atomic E-state index is -4.56. The van der Waals surface area contributed by atoms with Crippen LogP contribution in [0.1, 0.15) is 0 Å². The van der Waals surface area contributed by atoms with E-state index in [1.165, 1.54) is 17.0 Å². The maximum Gasteiger partial charge on any atom is 0.401 e. The molecular weight excluding hydrogens is 419 g/mol. The van der Waals surface area contributed by atoms with Crippen LogP contribution in [-0.4, -0.2) is 75.4 Å². The Morgan fingerprint density at radius 2 is 2.10 bits per heavy atom. The highest BCUT2D eigenvalue weighted by atomic mass is 19.4. The molecule has 1 aliphatic heterocycles. The van der Waals surface area contributed by atoms with E-state index >= 15 is 0 Å². The largest absolute Gasteiger partial charge is 0.433 e. The van der Waals surface area contributed by atoms with Gasteiger partial charge >= 0.3 is 12.8 Å². The van der Waals surface area contributed by atoms with E-state index in [1.54, 1.807) is 0 Å². The van der Waals surface area contributed by atoms with E-state index in [0.29, 0.717) is 4.90 Å². The number of amides is 2. The number of halogens is 5. The van der Waals surface area contributed by atoms with Crippen LogP contribution in [0.25, 0.3) is 0 Å². The summed E-state index contributed by atoms with van der Waals surface area (Å²) in [6.07, 6.45) is -4.56. The lowest BCUT2D eigenvalue weighted by Gasteiger charge is -2.28. The second kappa shape index (κ2) is 10.00. The Balaban J connectivity index is 2.24. The fourth-order valence-corrected chi connectivity index (χ4v) is 2.86. The lowest BCUT2D eigenvalue weighted by atomic mass is 10.2. The number of carbonyl (C=O) groups is 2. The van der Waals surface area contributed by atoms with Gasteiger partial charge in [-0.15, -0.1) is 0 Å². The number of likely N-dealkylation sites (N-methyl/N-ethyl adjacent to an activating group) is 1. The average Bonchev–Trinajstić information content (AvgIpc) is 2.62. The second-order valence-corrected chi connectivity index (χ2v) is 6.43. The molecule has 1 fully saturated rings. The first-order valence-electron chi connectivity index (χ1n) is 8.76. The molecule has 0 aliphatic carbocycles. The smallest absolute Gasteiger partial charge is 0.401 e. The van der Waals surface area contributed by atoms with Gasteiger partial charge in [-0.25, -0.2) is 0 Å². The van der Waals surface area contributed by atoms with Crippen LogP contribution in [0, 0.1) is 0 Å². The van der Waals surface area contributed by atoms with E-state index in [1.807, 2.05) is 0 Å². The van der Waals surface area contributed by atoms with Crippen molar-refractivity contribution in [3.05, 3.63) is 18.2 Å². The Bertz CT molecular complexity index is 762. The predicted octanol–water partition coefficient (Wildman–Crippen LogP) is 1.41.